The second-order valence-corrected chi connectivity index (χ2v) is 10.1. The van der Waals surface area contributed by atoms with Gasteiger partial charge in [0.05, 0.1) is 11.9 Å². The molecule has 0 radical (unpaired) electrons. The number of amides is 2. The second kappa shape index (κ2) is 10.1. The fraction of sp³-hybridized carbons (Fsp3) is 0.423. The Hall–Kier alpha value is -3.96. The molecule has 2 aliphatic heterocycles. The van der Waals surface area contributed by atoms with E-state index >= 15 is 0 Å². The minimum Gasteiger partial charge on any atom is -0.448 e. The van der Waals surface area contributed by atoms with Gasteiger partial charge in [0.2, 0.25) is 5.76 Å². The summed E-state index contributed by atoms with van der Waals surface area (Å²) in [5, 5.41) is 5.07. The van der Waals surface area contributed by atoms with Crippen LogP contribution in [0.1, 0.15) is 32.8 Å². The number of pyridine rings is 1. The Morgan fingerprint density at radius 2 is 1.89 bits per heavy atom. The normalized spacial score (nSPS) is 21.3. The lowest BCUT2D eigenvalue weighted by Gasteiger charge is -2.29. The summed E-state index contributed by atoms with van der Waals surface area (Å²) in [6.07, 6.45) is -2.34. The van der Waals surface area contributed by atoms with E-state index in [4.69, 9.17) is 9.47 Å². The molecule has 0 bridgehead atoms. The van der Waals surface area contributed by atoms with Crippen LogP contribution in [-0.4, -0.2) is 59.8 Å². The molecule has 1 aromatic carbocycles. The van der Waals surface area contributed by atoms with E-state index in [9.17, 15) is 22.8 Å². The van der Waals surface area contributed by atoms with Crippen LogP contribution < -0.4 is 15.5 Å². The van der Waals surface area contributed by atoms with Gasteiger partial charge in [-0.1, -0.05) is 30.3 Å². The predicted molar refractivity (Wildman–Crippen MR) is 134 cm³/mol. The van der Waals surface area contributed by atoms with E-state index in [0.29, 0.717) is 25.1 Å². The molecule has 9 nitrogen and oxygen atoms in total. The Balaban J connectivity index is 1.43. The average molecular weight is 534 g/mol. The first kappa shape index (κ1) is 27.1. The number of hydrogen-bond acceptors (Lipinski definition) is 7. The summed E-state index contributed by atoms with van der Waals surface area (Å²) in [6.45, 7) is 6.48. The van der Waals surface area contributed by atoms with Gasteiger partial charge in [-0.25, -0.2) is 9.78 Å². The van der Waals surface area contributed by atoms with Crippen molar-refractivity contribution < 1.29 is 32.2 Å². The highest BCUT2D eigenvalue weighted by Gasteiger charge is 2.52. The van der Waals surface area contributed by atoms with E-state index in [1.165, 1.54) is 18.3 Å². The number of likely N-dealkylation sites (tertiary alicyclic amines) is 1. The molecule has 2 aliphatic rings. The molecule has 0 aliphatic carbocycles. The van der Waals surface area contributed by atoms with Gasteiger partial charge in [-0.15, -0.1) is 0 Å². The van der Waals surface area contributed by atoms with Crippen molar-refractivity contribution in [3.63, 3.8) is 0 Å². The Kier molecular flexibility index (Phi) is 7.18. The Labute approximate surface area is 218 Å². The molecular weight excluding hydrogens is 503 g/mol. The maximum absolute atomic E-state index is 13.3. The number of hydrogen-bond donors (Lipinski definition) is 2. The first-order valence-corrected chi connectivity index (χ1v) is 12.1. The van der Waals surface area contributed by atoms with Crippen molar-refractivity contribution in [2.24, 2.45) is 0 Å². The lowest BCUT2D eigenvalue weighted by molar-refractivity contribution is -0.162. The highest BCUT2D eigenvalue weighted by molar-refractivity contribution is 5.98. The van der Waals surface area contributed by atoms with Gasteiger partial charge in [-0.2, -0.15) is 13.2 Å². The van der Waals surface area contributed by atoms with E-state index in [0.717, 1.165) is 6.42 Å². The molecule has 2 amide bonds. The van der Waals surface area contributed by atoms with Crippen molar-refractivity contribution in [2.45, 2.75) is 50.7 Å². The quantitative estimate of drug-likeness (QED) is 0.590. The monoisotopic (exact) mass is 533 g/mol. The molecule has 204 valence electrons. The summed E-state index contributed by atoms with van der Waals surface area (Å²) in [4.78, 5) is 33.6. The van der Waals surface area contributed by atoms with Gasteiger partial charge in [0.1, 0.15) is 11.4 Å². The number of anilines is 2. The molecule has 0 saturated carbocycles. The van der Waals surface area contributed by atoms with Gasteiger partial charge in [0.25, 0.3) is 11.6 Å². The van der Waals surface area contributed by atoms with E-state index in [1.807, 2.05) is 32.7 Å². The van der Waals surface area contributed by atoms with Crippen molar-refractivity contribution in [2.75, 3.05) is 30.4 Å². The third-order valence-electron chi connectivity index (χ3n) is 6.18. The first-order chi connectivity index (χ1) is 17.8. The van der Waals surface area contributed by atoms with Gasteiger partial charge < -0.3 is 29.9 Å². The number of ether oxygens (including phenoxy) is 2. The molecule has 4 rings (SSSR count). The molecule has 1 unspecified atom stereocenters. The lowest BCUT2D eigenvalue weighted by Crippen LogP contribution is -2.49. The number of carbonyl (C=O) groups is 2. The SMILES string of the molecule is CN(c1ccc(NC(=O)C2(c3ccccc3)NC=C(C(F)(F)F)O2)cn1)[C@H]1CCN(C(=O)OC(C)(C)C)C1. The molecule has 0 spiro atoms. The van der Waals surface area contributed by atoms with Crippen molar-refractivity contribution in [3.05, 3.63) is 66.2 Å². The van der Waals surface area contributed by atoms with E-state index in [2.05, 4.69) is 15.6 Å². The highest BCUT2D eigenvalue weighted by Crippen LogP contribution is 2.38. The number of likely N-dealkylation sites (N-methyl/N-ethyl adjacent to an activating group) is 1. The van der Waals surface area contributed by atoms with Crippen LogP contribution in [0, 0.1) is 0 Å². The van der Waals surface area contributed by atoms with Crippen LogP contribution >= 0.6 is 0 Å². The topological polar surface area (TPSA) is 96.0 Å². The number of rotatable bonds is 5. The van der Waals surface area contributed by atoms with Crippen molar-refractivity contribution in [3.8, 4) is 0 Å². The van der Waals surface area contributed by atoms with Gasteiger partial charge in [0.15, 0.2) is 0 Å². The molecule has 12 heteroatoms. The van der Waals surface area contributed by atoms with Crippen molar-refractivity contribution >= 4 is 23.5 Å². The van der Waals surface area contributed by atoms with Crippen molar-refractivity contribution in [1.82, 2.24) is 15.2 Å². The molecule has 2 aromatic rings. The molecule has 1 aromatic heterocycles. The zero-order valence-electron chi connectivity index (χ0n) is 21.5. The molecule has 2 atom stereocenters. The highest BCUT2D eigenvalue weighted by atomic mass is 19.4. The zero-order chi connectivity index (χ0) is 27.7. The lowest BCUT2D eigenvalue weighted by atomic mass is 10.0. The summed E-state index contributed by atoms with van der Waals surface area (Å²) in [7, 11) is 1.86. The molecule has 3 heterocycles. The van der Waals surface area contributed by atoms with Gasteiger partial charge >= 0.3 is 12.3 Å². The average Bonchev–Trinajstić information content (AvgIpc) is 3.53. The predicted octanol–water partition coefficient (Wildman–Crippen LogP) is 4.34. The van der Waals surface area contributed by atoms with Crippen molar-refractivity contribution in [1.29, 1.82) is 0 Å². The van der Waals surface area contributed by atoms with Crippen LogP contribution in [0.5, 0.6) is 0 Å². The molecule has 1 fully saturated rings. The summed E-state index contributed by atoms with van der Waals surface area (Å²) < 4.78 is 50.5. The summed E-state index contributed by atoms with van der Waals surface area (Å²) in [6, 6.07) is 11.2. The number of carbonyl (C=O) groups excluding carboxylic acids is 2. The summed E-state index contributed by atoms with van der Waals surface area (Å²) in [5.41, 5.74) is -2.20. The van der Waals surface area contributed by atoms with E-state index in [1.54, 1.807) is 35.2 Å². The Morgan fingerprint density at radius 3 is 2.47 bits per heavy atom. The second-order valence-electron chi connectivity index (χ2n) is 10.1. The zero-order valence-corrected chi connectivity index (χ0v) is 21.5. The summed E-state index contributed by atoms with van der Waals surface area (Å²) >= 11 is 0. The fourth-order valence-electron chi connectivity index (χ4n) is 4.21. The number of aromatic nitrogens is 1. The number of allylic oxidation sites excluding steroid dienone is 1. The molecular formula is C26H30F3N5O4. The number of benzene rings is 1. The largest absolute Gasteiger partial charge is 0.450 e. The standard InChI is InChI=1S/C26H30F3N5O4/c1-24(2,3)38-23(36)34-13-12-19(16-34)33(4)21-11-10-18(14-30-21)32-22(35)25(17-8-6-5-7-9-17)31-15-20(37-25)26(27,28)29/h5-11,14-15,19,31H,12-13,16H2,1-4H3,(H,32,35)/t19-,25?/m0/s1. The van der Waals surface area contributed by atoms with Gasteiger partial charge in [-0.3, -0.25) is 4.79 Å². The Bertz CT molecular complexity index is 1200. The summed E-state index contributed by atoms with van der Waals surface area (Å²) in [5.74, 6) is -1.54. The maximum Gasteiger partial charge on any atom is 0.450 e. The van der Waals surface area contributed by atoms with Crippen LogP contribution in [0.4, 0.5) is 29.5 Å². The van der Waals surface area contributed by atoms with E-state index in [-0.39, 0.29) is 23.4 Å². The van der Waals surface area contributed by atoms with Crippen LogP contribution in [0.2, 0.25) is 0 Å². The number of nitrogens with one attached hydrogen (secondary N) is 2. The van der Waals surface area contributed by atoms with Crippen LogP contribution in [0.15, 0.2) is 60.6 Å². The number of alkyl halides is 3. The minimum absolute atomic E-state index is 0.0137. The minimum atomic E-state index is -4.77. The van der Waals surface area contributed by atoms with E-state index < -0.39 is 29.2 Å². The fourth-order valence-corrected chi connectivity index (χ4v) is 4.21. The van der Waals surface area contributed by atoms with Crippen LogP contribution in [0.3, 0.4) is 0 Å². The van der Waals surface area contributed by atoms with Gasteiger partial charge in [-0.05, 0) is 39.3 Å². The first-order valence-electron chi connectivity index (χ1n) is 12.1. The van der Waals surface area contributed by atoms with Crippen LogP contribution in [-0.2, 0) is 20.0 Å². The smallest absolute Gasteiger partial charge is 0.448 e. The van der Waals surface area contributed by atoms with Crippen LogP contribution in [0.25, 0.3) is 0 Å². The number of nitrogens with zero attached hydrogens (tertiary/aromatic N) is 3. The molecule has 38 heavy (non-hydrogen) atoms. The maximum atomic E-state index is 13.3. The molecule has 2 N–H and O–H groups in total. The number of halogens is 3. The third kappa shape index (κ3) is 5.79. The Morgan fingerprint density at radius 1 is 1.18 bits per heavy atom. The third-order valence-corrected chi connectivity index (χ3v) is 6.18. The van der Waals surface area contributed by atoms with Gasteiger partial charge in [0, 0.05) is 37.9 Å². The molecule has 1 saturated heterocycles.